The Morgan fingerprint density at radius 2 is 1.88 bits per heavy atom. The first-order chi connectivity index (χ1) is 11.4. The van der Waals surface area contributed by atoms with Crippen LogP contribution in [0.3, 0.4) is 0 Å². The van der Waals surface area contributed by atoms with E-state index in [0.29, 0.717) is 35.9 Å². The second-order valence-electron chi connectivity index (χ2n) is 7.27. The van der Waals surface area contributed by atoms with E-state index in [-0.39, 0.29) is 17.9 Å². The monoisotopic (exact) mass is 331 g/mol. The van der Waals surface area contributed by atoms with Gasteiger partial charge in [-0.3, -0.25) is 9.59 Å². The standard InChI is InChI=1S/C19H29N3O2/c1-13-10-14(2)12-22(11-13)19(24)16-6-4-5-7-17(16)21-18(23)9-8-15(3)20/h4-7,13-15H,8-12,20H2,1-3H3,(H,21,23). The highest BCUT2D eigenvalue weighted by Crippen LogP contribution is 2.25. The topological polar surface area (TPSA) is 75.4 Å². The largest absolute Gasteiger partial charge is 0.338 e. The zero-order valence-electron chi connectivity index (χ0n) is 14.9. The first kappa shape index (κ1) is 18.5. The van der Waals surface area contributed by atoms with E-state index in [4.69, 9.17) is 5.73 Å². The lowest BCUT2D eigenvalue weighted by Crippen LogP contribution is -2.42. The molecular weight excluding hydrogens is 302 g/mol. The van der Waals surface area contributed by atoms with Gasteiger partial charge in [-0.2, -0.15) is 0 Å². The van der Waals surface area contributed by atoms with Crippen LogP contribution in [0.5, 0.6) is 0 Å². The smallest absolute Gasteiger partial charge is 0.255 e. The maximum absolute atomic E-state index is 12.9. The Labute approximate surface area is 144 Å². The van der Waals surface area contributed by atoms with Gasteiger partial charge in [0.1, 0.15) is 0 Å². The number of rotatable bonds is 5. The number of anilines is 1. The van der Waals surface area contributed by atoms with E-state index in [1.54, 1.807) is 12.1 Å². The van der Waals surface area contributed by atoms with E-state index in [2.05, 4.69) is 19.2 Å². The van der Waals surface area contributed by atoms with Gasteiger partial charge in [0.25, 0.3) is 5.91 Å². The fraction of sp³-hybridized carbons (Fsp3) is 0.579. The van der Waals surface area contributed by atoms with Gasteiger partial charge in [-0.05, 0) is 43.7 Å². The van der Waals surface area contributed by atoms with Crippen molar-refractivity contribution in [3.63, 3.8) is 0 Å². The summed E-state index contributed by atoms with van der Waals surface area (Å²) in [5, 5.41) is 2.87. The molecule has 0 spiro atoms. The summed E-state index contributed by atoms with van der Waals surface area (Å²) in [5.41, 5.74) is 6.84. The molecule has 3 unspecified atom stereocenters. The number of carbonyl (C=O) groups excluding carboxylic acids is 2. The minimum atomic E-state index is -0.104. The van der Waals surface area contributed by atoms with E-state index >= 15 is 0 Å². The fourth-order valence-electron chi connectivity index (χ4n) is 3.35. The molecule has 1 aliphatic rings. The van der Waals surface area contributed by atoms with Crippen LogP contribution in [0.25, 0.3) is 0 Å². The van der Waals surface area contributed by atoms with Crippen molar-refractivity contribution >= 4 is 17.5 Å². The van der Waals surface area contributed by atoms with Crippen LogP contribution in [0.1, 0.15) is 50.4 Å². The van der Waals surface area contributed by atoms with Crippen molar-refractivity contribution in [3.05, 3.63) is 29.8 Å². The normalized spacial score (nSPS) is 22.1. The maximum atomic E-state index is 12.9. The van der Waals surface area contributed by atoms with Crippen LogP contribution in [0.4, 0.5) is 5.69 Å². The van der Waals surface area contributed by atoms with Gasteiger partial charge in [-0.15, -0.1) is 0 Å². The molecule has 0 aliphatic carbocycles. The van der Waals surface area contributed by atoms with Crippen molar-refractivity contribution in [3.8, 4) is 0 Å². The Bertz CT molecular complexity index is 576. The average molecular weight is 331 g/mol. The Morgan fingerprint density at radius 1 is 1.25 bits per heavy atom. The third kappa shape index (κ3) is 5.06. The van der Waals surface area contributed by atoms with Gasteiger partial charge in [-0.25, -0.2) is 0 Å². The molecule has 5 nitrogen and oxygen atoms in total. The van der Waals surface area contributed by atoms with Crippen molar-refractivity contribution in [2.24, 2.45) is 17.6 Å². The van der Waals surface area contributed by atoms with Crippen LogP contribution < -0.4 is 11.1 Å². The summed E-state index contributed by atoms with van der Waals surface area (Å²) in [6.45, 7) is 7.78. The van der Waals surface area contributed by atoms with Crippen molar-refractivity contribution < 1.29 is 9.59 Å². The number of piperidine rings is 1. The van der Waals surface area contributed by atoms with Crippen LogP contribution in [0, 0.1) is 11.8 Å². The molecule has 1 aliphatic heterocycles. The van der Waals surface area contributed by atoms with Gasteiger partial charge in [0, 0.05) is 25.6 Å². The molecule has 0 aromatic heterocycles. The van der Waals surface area contributed by atoms with Gasteiger partial charge in [0.05, 0.1) is 11.3 Å². The van der Waals surface area contributed by atoms with E-state index in [1.807, 2.05) is 24.0 Å². The number of hydrogen-bond acceptors (Lipinski definition) is 3. The lowest BCUT2D eigenvalue weighted by molar-refractivity contribution is -0.116. The molecule has 0 bridgehead atoms. The number of nitrogens with one attached hydrogen (secondary N) is 1. The number of likely N-dealkylation sites (tertiary alicyclic amines) is 1. The fourth-order valence-corrected chi connectivity index (χ4v) is 3.35. The number of benzene rings is 1. The SMILES string of the molecule is CC(N)CCC(=O)Nc1ccccc1C(=O)N1CC(C)CC(C)C1. The van der Waals surface area contributed by atoms with Crippen LogP contribution in [0.2, 0.25) is 0 Å². The lowest BCUT2D eigenvalue weighted by atomic mass is 9.91. The Hall–Kier alpha value is -1.88. The summed E-state index contributed by atoms with van der Waals surface area (Å²) in [4.78, 5) is 26.9. The molecule has 2 rings (SSSR count). The zero-order valence-corrected chi connectivity index (χ0v) is 14.9. The number of hydrogen-bond donors (Lipinski definition) is 2. The minimum Gasteiger partial charge on any atom is -0.338 e. The molecular formula is C19H29N3O2. The summed E-state index contributed by atoms with van der Waals surface area (Å²) < 4.78 is 0. The zero-order chi connectivity index (χ0) is 17.7. The molecule has 0 radical (unpaired) electrons. The second-order valence-corrected chi connectivity index (χ2v) is 7.27. The summed E-state index contributed by atoms with van der Waals surface area (Å²) in [7, 11) is 0. The van der Waals surface area contributed by atoms with Crippen molar-refractivity contribution in [1.82, 2.24) is 4.90 Å². The first-order valence-electron chi connectivity index (χ1n) is 8.80. The predicted molar refractivity (Wildman–Crippen MR) is 96.8 cm³/mol. The highest BCUT2D eigenvalue weighted by atomic mass is 16.2. The number of nitrogens with zero attached hydrogens (tertiary/aromatic N) is 1. The van der Waals surface area contributed by atoms with Gasteiger partial charge >= 0.3 is 0 Å². The molecule has 2 amide bonds. The number of para-hydroxylation sites is 1. The summed E-state index contributed by atoms with van der Waals surface area (Å²) in [5.74, 6) is 0.903. The molecule has 3 atom stereocenters. The molecule has 5 heteroatoms. The molecule has 1 aromatic rings. The third-order valence-electron chi connectivity index (χ3n) is 4.41. The van der Waals surface area contributed by atoms with E-state index in [1.165, 1.54) is 0 Å². The Morgan fingerprint density at radius 3 is 2.50 bits per heavy atom. The van der Waals surface area contributed by atoms with Gasteiger partial charge in [-0.1, -0.05) is 26.0 Å². The molecule has 3 N–H and O–H groups in total. The first-order valence-corrected chi connectivity index (χ1v) is 8.80. The van der Waals surface area contributed by atoms with Crippen LogP contribution in [0.15, 0.2) is 24.3 Å². The summed E-state index contributed by atoms with van der Waals surface area (Å²) in [6.07, 6.45) is 2.14. The van der Waals surface area contributed by atoms with Crippen LogP contribution in [-0.2, 0) is 4.79 Å². The van der Waals surface area contributed by atoms with Gasteiger partial charge in [0.15, 0.2) is 0 Å². The number of amides is 2. The number of nitrogens with two attached hydrogens (primary N) is 1. The third-order valence-corrected chi connectivity index (χ3v) is 4.41. The van der Waals surface area contributed by atoms with Crippen molar-refractivity contribution in [2.45, 2.75) is 46.1 Å². The summed E-state index contributed by atoms with van der Waals surface area (Å²) in [6, 6.07) is 7.23. The molecule has 24 heavy (non-hydrogen) atoms. The van der Waals surface area contributed by atoms with Crippen molar-refractivity contribution in [1.29, 1.82) is 0 Å². The average Bonchev–Trinajstić information content (AvgIpc) is 2.52. The summed E-state index contributed by atoms with van der Waals surface area (Å²) >= 11 is 0. The highest BCUT2D eigenvalue weighted by molar-refractivity contribution is 6.03. The van der Waals surface area contributed by atoms with E-state index in [0.717, 1.165) is 19.5 Å². The molecule has 1 heterocycles. The molecule has 132 valence electrons. The molecule has 1 saturated heterocycles. The van der Waals surface area contributed by atoms with E-state index < -0.39 is 0 Å². The second kappa shape index (κ2) is 8.29. The van der Waals surface area contributed by atoms with Crippen LogP contribution in [-0.4, -0.2) is 35.8 Å². The van der Waals surface area contributed by atoms with Crippen LogP contribution >= 0.6 is 0 Å². The van der Waals surface area contributed by atoms with E-state index in [9.17, 15) is 9.59 Å². The Balaban J connectivity index is 2.10. The van der Waals surface area contributed by atoms with Crippen molar-refractivity contribution in [2.75, 3.05) is 18.4 Å². The molecule has 1 aromatic carbocycles. The molecule has 1 fully saturated rings. The quantitative estimate of drug-likeness (QED) is 0.871. The predicted octanol–water partition coefficient (Wildman–Crippen LogP) is 2.87. The maximum Gasteiger partial charge on any atom is 0.255 e. The lowest BCUT2D eigenvalue weighted by Gasteiger charge is -2.35. The van der Waals surface area contributed by atoms with Gasteiger partial charge < -0.3 is 16.0 Å². The minimum absolute atomic E-state index is 0.00325. The molecule has 0 saturated carbocycles. The number of carbonyl (C=O) groups is 2. The Kier molecular flexibility index (Phi) is 6.37. The highest BCUT2D eigenvalue weighted by Gasteiger charge is 2.27. The van der Waals surface area contributed by atoms with Gasteiger partial charge in [0.2, 0.25) is 5.91 Å².